The molecule has 33 heavy (non-hydrogen) atoms. The highest BCUT2D eigenvalue weighted by Gasteiger charge is 2.20. The average Bonchev–Trinajstić information content (AvgIpc) is 3.02. The first-order chi connectivity index (χ1) is 15.8. The number of aryl methyl sites for hydroxylation is 2. The Kier molecular flexibility index (Phi) is 6.10. The van der Waals surface area contributed by atoms with Crippen molar-refractivity contribution in [3.8, 4) is 17.2 Å². The third kappa shape index (κ3) is 4.56. The van der Waals surface area contributed by atoms with Gasteiger partial charge in [0.15, 0.2) is 5.75 Å². The average molecular weight is 469 g/mol. The Morgan fingerprint density at radius 1 is 1.00 bits per heavy atom. The lowest BCUT2D eigenvalue weighted by atomic mass is 10.2. The predicted octanol–water partition coefficient (Wildman–Crippen LogP) is 3.65. The first-order valence-corrected chi connectivity index (χ1v) is 11.8. The summed E-state index contributed by atoms with van der Waals surface area (Å²) in [6.45, 7) is 2.58. The van der Waals surface area contributed by atoms with Gasteiger partial charge < -0.3 is 9.47 Å². The monoisotopic (exact) mass is 468 g/mol. The van der Waals surface area contributed by atoms with E-state index in [9.17, 15) is 13.2 Å². The highest BCUT2D eigenvalue weighted by Crippen LogP contribution is 2.35. The van der Waals surface area contributed by atoms with E-state index >= 15 is 0 Å². The normalized spacial score (nSPS) is 11.5. The summed E-state index contributed by atoms with van der Waals surface area (Å²) in [5, 5.41) is 0. The van der Waals surface area contributed by atoms with Crippen molar-refractivity contribution in [2.24, 2.45) is 14.1 Å². The second kappa shape index (κ2) is 8.99. The van der Waals surface area contributed by atoms with Crippen molar-refractivity contribution in [1.82, 2.24) is 14.1 Å². The maximum Gasteiger partial charge on any atom is 0.328 e. The summed E-state index contributed by atoms with van der Waals surface area (Å²) >= 11 is 0. The molecule has 0 saturated heterocycles. The molecule has 4 aromatic rings. The van der Waals surface area contributed by atoms with E-state index in [0.29, 0.717) is 29.1 Å². The van der Waals surface area contributed by atoms with E-state index in [4.69, 9.17) is 9.47 Å². The fraction of sp³-hybridized carbons (Fsp3) is 0.217. The number of nitrogens with one attached hydrogen (secondary N) is 1. The summed E-state index contributed by atoms with van der Waals surface area (Å²) in [6.07, 6.45) is 3.62. The van der Waals surface area contributed by atoms with Crippen LogP contribution in [0.3, 0.4) is 0 Å². The van der Waals surface area contributed by atoms with Crippen LogP contribution in [-0.4, -0.2) is 29.1 Å². The Morgan fingerprint density at radius 2 is 1.73 bits per heavy atom. The van der Waals surface area contributed by atoms with Crippen LogP contribution in [0.2, 0.25) is 0 Å². The number of hydrogen-bond acceptors (Lipinski definition) is 6. The molecule has 0 atom stereocenters. The van der Waals surface area contributed by atoms with E-state index in [-0.39, 0.29) is 22.0 Å². The van der Waals surface area contributed by atoms with Gasteiger partial charge in [0.25, 0.3) is 10.0 Å². The van der Waals surface area contributed by atoms with E-state index in [1.54, 1.807) is 44.4 Å². The first-order valence-electron chi connectivity index (χ1n) is 10.3. The van der Waals surface area contributed by atoms with Gasteiger partial charge in [0.2, 0.25) is 0 Å². The number of anilines is 1. The minimum Gasteiger partial charge on any atom is -0.493 e. The second-order valence-electron chi connectivity index (χ2n) is 7.46. The molecule has 0 unspecified atom stereocenters. The predicted molar refractivity (Wildman–Crippen MR) is 126 cm³/mol. The van der Waals surface area contributed by atoms with Crippen LogP contribution >= 0.6 is 0 Å². The number of benzene rings is 2. The molecule has 0 fully saturated rings. The van der Waals surface area contributed by atoms with Gasteiger partial charge in [0, 0.05) is 38.6 Å². The molecule has 2 aromatic heterocycles. The fourth-order valence-corrected chi connectivity index (χ4v) is 4.40. The van der Waals surface area contributed by atoms with Crippen molar-refractivity contribution < 1.29 is 17.9 Å². The van der Waals surface area contributed by atoms with Gasteiger partial charge >= 0.3 is 5.69 Å². The molecule has 172 valence electrons. The molecule has 2 aromatic carbocycles. The summed E-state index contributed by atoms with van der Waals surface area (Å²) in [4.78, 5) is 16.3. The summed E-state index contributed by atoms with van der Waals surface area (Å²) in [5.74, 6) is 1.34. The number of ether oxygens (including phenoxy) is 2. The van der Waals surface area contributed by atoms with Crippen molar-refractivity contribution in [1.29, 1.82) is 0 Å². The third-order valence-corrected chi connectivity index (χ3v) is 6.42. The molecule has 0 aliphatic rings. The lowest BCUT2D eigenvalue weighted by molar-refractivity contribution is 0.316. The maximum atomic E-state index is 13.0. The Morgan fingerprint density at radius 3 is 2.42 bits per heavy atom. The highest BCUT2D eigenvalue weighted by atomic mass is 32.2. The molecule has 10 heteroatoms. The molecular weight excluding hydrogens is 444 g/mol. The number of hydrogen-bond donors (Lipinski definition) is 1. The number of rotatable bonds is 8. The van der Waals surface area contributed by atoms with Crippen LogP contribution in [0.4, 0.5) is 5.69 Å². The summed E-state index contributed by atoms with van der Waals surface area (Å²) < 4.78 is 43.2. The van der Waals surface area contributed by atoms with Crippen LogP contribution in [0.1, 0.15) is 13.3 Å². The van der Waals surface area contributed by atoms with Crippen LogP contribution in [0, 0.1) is 0 Å². The number of aromatic nitrogens is 3. The van der Waals surface area contributed by atoms with Crippen molar-refractivity contribution in [3.63, 3.8) is 0 Å². The molecule has 0 amide bonds. The number of fused-ring (bicyclic) bond motifs is 1. The third-order valence-electron chi connectivity index (χ3n) is 5.07. The van der Waals surface area contributed by atoms with E-state index in [1.807, 2.05) is 13.0 Å². The highest BCUT2D eigenvalue weighted by molar-refractivity contribution is 7.92. The van der Waals surface area contributed by atoms with Gasteiger partial charge in [0.05, 0.1) is 23.3 Å². The summed E-state index contributed by atoms with van der Waals surface area (Å²) in [6, 6.07) is 13.3. The van der Waals surface area contributed by atoms with Crippen LogP contribution < -0.4 is 19.9 Å². The van der Waals surface area contributed by atoms with Crippen molar-refractivity contribution >= 4 is 26.7 Å². The quantitative estimate of drug-likeness (QED) is 0.423. The van der Waals surface area contributed by atoms with Crippen LogP contribution in [-0.2, 0) is 24.1 Å². The van der Waals surface area contributed by atoms with E-state index in [1.165, 1.54) is 33.7 Å². The topological polar surface area (TPSA) is 104 Å². The van der Waals surface area contributed by atoms with Crippen molar-refractivity contribution in [2.75, 3.05) is 11.3 Å². The molecule has 0 spiro atoms. The van der Waals surface area contributed by atoms with Crippen LogP contribution in [0.25, 0.3) is 11.0 Å². The molecule has 9 nitrogen and oxygen atoms in total. The number of imidazole rings is 1. The van der Waals surface area contributed by atoms with Gasteiger partial charge in [-0.05, 0) is 36.8 Å². The zero-order chi connectivity index (χ0) is 23.6. The zero-order valence-electron chi connectivity index (χ0n) is 18.5. The Labute approximate surface area is 191 Å². The van der Waals surface area contributed by atoms with E-state index < -0.39 is 10.0 Å². The molecule has 1 N–H and O–H groups in total. The van der Waals surface area contributed by atoms with Gasteiger partial charge in [-0.15, -0.1) is 0 Å². The lowest BCUT2D eigenvalue weighted by Crippen LogP contribution is -2.19. The standard InChI is InChI=1S/C23H24N4O5S/c1-4-11-31-16-7-5-8-17(12-16)32-22-14-21-20(26(2)23(28)27(21)3)13-19(22)25-33(29,30)18-9-6-10-24-15-18/h5-10,12-15,25H,4,11H2,1-3H3. The Bertz CT molecular complexity index is 1460. The van der Waals surface area contributed by atoms with Gasteiger partial charge in [-0.25, -0.2) is 13.2 Å². The van der Waals surface area contributed by atoms with Crippen LogP contribution in [0.15, 0.2) is 70.6 Å². The summed E-state index contributed by atoms with van der Waals surface area (Å²) in [5.41, 5.74) is 1.10. The molecule has 0 aliphatic heterocycles. The van der Waals surface area contributed by atoms with E-state index in [2.05, 4.69) is 9.71 Å². The molecule has 0 saturated carbocycles. The number of sulfonamides is 1. The minimum absolute atomic E-state index is 0.00737. The Hall–Kier alpha value is -3.79. The molecule has 0 aliphatic carbocycles. The molecule has 2 heterocycles. The number of nitrogens with zero attached hydrogens (tertiary/aromatic N) is 3. The zero-order valence-corrected chi connectivity index (χ0v) is 19.3. The minimum atomic E-state index is -3.94. The van der Waals surface area contributed by atoms with Gasteiger partial charge in [-0.2, -0.15) is 0 Å². The SMILES string of the molecule is CCCOc1cccc(Oc2cc3c(cc2NS(=O)(=O)c2cccnc2)n(C)c(=O)n3C)c1. The van der Waals surface area contributed by atoms with Gasteiger partial charge in [-0.1, -0.05) is 13.0 Å². The smallest absolute Gasteiger partial charge is 0.328 e. The summed E-state index contributed by atoms with van der Waals surface area (Å²) in [7, 11) is -0.674. The van der Waals surface area contributed by atoms with Gasteiger partial charge in [-0.3, -0.25) is 18.8 Å². The molecule has 0 radical (unpaired) electrons. The maximum absolute atomic E-state index is 13.0. The first kappa shape index (κ1) is 22.4. The van der Waals surface area contributed by atoms with Gasteiger partial charge in [0.1, 0.15) is 16.4 Å². The molecular formula is C23H24N4O5S. The van der Waals surface area contributed by atoms with Crippen LogP contribution in [0.5, 0.6) is 17.2 Å². The fourth-order valence-electron chi connectivity index (χ4n) is 3.37. The largest absolute Gasteiger partial charge is 0.493 e. The van der Waals surface area contributed by atoms with Crippen molar-refractivity contribution in [2.45, 2.75) is 18.2 Å². The molecule has 4 rings (SSSR count). The van der Waals surface area contributed by atoms with E-state index in [0.717, 1.165) is 6.42 Å². The van der Waals surface area contributed by atoms with Crippen molar-refractivity contribution in [3.05, 3.63) is 71.4 Å². The molecule has 0 bridgehead atoms. The Balaban J connectivity index is 1.80. The lowest BCUT2D eigenvalue weighted by Gasteiger charge is -2.15. The second-order valence-corrected chi connectivity index (χ2v) is 9.14. The number of pyridine rings is 1.